The molecule has 0 bridgehead atoms. The highest BCUT2D eigenvalue weighted by atomic mass is 15.2. The van der Waals surface area contributed by atoms with Crippen LogP contribution in [-0.2, 0) is 0 Å². The number of hydrogen-bond acceptors (Lipinski definition) is 2. The fourth-order valence-corrected chi connectivity index (χ4v) is 3.21. The van der Waals surface area contributed by atoms with Crippen LogP contribution in [0.5, 0.6) is 0 Å². The summed E-state index contributed by atoms with van der Waals surface area (Å²) in [6.07, 6.45) is 9.44. The van der Waals surface area contributed by atoms with Gasteiger partial charge in [-0.05, 0) is 52.0 Å². The van der Waals surface area contributed by atoms with Crippen molar-refractivity contribution < 1.29 is 0 Å². The van der Waals surface area contributed by atoms with Gasteiger partial charge >= 0.3 is 0 Å². The van der Waals surface area contributed by atoms with Crippen LogP contribution in [-0.4, -0.2) is 49.1 Å². The zero-order valence-electron chi connectivity index (χ0n) is 13.9. The van der Waals surface area contributed by atoms with E-state index in [9.17, 15) is 0 Å². The molecule has 1 heterocycles. The smallest absolute Gasteiger partial charge is 0.191 e. The molecule has 2 N–H and O–H groups in total. The average molecular weight is 292 g/mol. The van der Waals surface area contributed by atoms with Crippen molar-refractivity contribution in [1.82, 2.24) is 15.5 Å². The molecule has 0 aromatic carbocycles. The van der Waals surface area contributed by atoms with Crippen molar-refractivity contribution in [1.29, 1.82) is 0 Å². The molecule has 2 unspecified atom stereocenters. The fraction of sp³-hybridized carbons (Fsp3) is 0.824. The first-order valence-electron chi connectivity index (χ1n) is 8.63. The van der Waals surface area contributed by atoms with Crippen LogP contribution in [0, 0.1) is 5.92 Å². The van der Waals surface area contributed by atoms with Crippen LogP contribution in [0.3, 0.4) is 0 Å². The van der Waals surface area contributed by atoms with Gasteiger partial charge in [-0.15, -0.1) is 0 Å². The molecule has 4 heteroatoms. The molecule has 0 aromatic heterocycles. The Morgan fingerprint density at radius 3 is 2.81 bits per heavy atom. The Hall–Kier alpha value is -1.03. The third kappa shape index (κ3) is 5.34. The highest BCUT2D eigenvalue weighted by Crippen LogP contribution is 2.17. The van der Waals surface area contributed by atoms with Crippen LogP contribution in [0.25, 0.3) is 0 Å². The fourth-order valence-electron chi connectivity index (χ4n) is 3.21. The highest BCUT2D eigenvalue weighted by molar-refractivity contribution is 5.80. The number of piperidine rings is 1. The van der Waals surface area contributed by atoms with Crippen molar-refractivity contribution in [3.63, 3.8) is 0 Å². The van der Waals surface area contributed by atoms with Gasteiger partial charge in [-0.1, -0.05) is 19.1 Å². The van der Waals surface area contributed by atoms with Gasteiger partial charge in [-0.2, -0.15) is 0 Å². The summed E-state index contributed by atoms with van der Waals surface area (Å²) >= 11 is 0. The van der Waals surface area contributed by atoms with Gasteiger partial charge in [0, 0.05) is 25.2 Å². The number of nitrogens with zero attached hydrogens (tertiary/aromatic N) is 2. The maximum Gasteiger partial charge on any atom is 0.191 e. The zero-order chi connectivity index (χ0) is 15.1. The van der Waals surface area contributed by atoms with Crippen LogP contribution in [0.15, 0.2) is 17.1 Å². The Morgan fingerprint density at radius 2 is 2.14 bits per heavy atom. The van der Waals surface area contributed by atoms with Crippen LogP contribution in [0.4, 0.5) is 0 Å². The van der Waals surface area contributed by atoms with E-state index in [1.54, 1.807) is 0 Å². The summed E-state index contributed by atoms with van der Waals surface area (Å²) in [6.45, 7) is 11.1. The maximum absolute atomic E-state index is 4.80. The summed E-state index contributed by atoms with van der Waals surface area (Å²) in [5.41, 5.74) is 0. The summed E-state index contributed by atoms with van der Waals surface area (Å²) in [5.74, 6) is 1.81. The molecule has 0 radical (unpaired) electrons. The molecule has 0 aromatic rings. The Bertz CT molecular complexity index is 356. The zero-order valence-corrected chi connectivity index (χ0v) is 13.9. The number of likely N-dealkylation sites (tertiary alicyclic amines) is 1. The summed E-state index contributed by atoms with van der Waals surface area (Å²) < 4.78 is 0. The molecular weight excluding hydrogens is 260 g/mol. The normalized spacial score (nSPS) is 26.0. The van der Waals surface area contributed by atoms with Gasteiger partial charge in [0.15, 0.2) is 5.96 Å². The number of hydrogen-bond donors (Lipinski definition) is 2. The predicted octanol–water partition coefficient (Wildman–Crippen LogP) is 2.38. The molecule has 2 rings (SSSR count). The van der Waals surface area contributed by atoms with Crippen molar-refractivity contribution in [2.24, 2.45) is 10.9 Å². The SMILES string of the molecule is CCNC(=NCC(C)N1CCCC(C)C1)NC1CC=CC1. The van der Waals surface area contributed by atoms with Crippen molar-refractivity contribution in [3.05, 3.63) is 12.2 Å². The molecule has 1 saturated heterocycles. The second-order valence-electron chi connectivity index (χ2n) is 6.60. The van der Waals surface area contributed by atoms with Gasteiger partial charge in [0.05, 0.1) is 6.54 Å². The van der Waals surface area contributed by atoms with Crippen molar-refractivity contribution in [2.75, 3.05) is 26.2 Å². The molecule has 2 aliphatic rings. The van der Waals surface area contributed by atoms with Crippen LogP contribution in [0.1, 0.15) is 46.5 Å². The molecular formula is C17H32N4. The van der Waals surface area contributed by atoms with Crippen LogP contribution in [0.2, 0.25) is 0 Å². The van der Waals surface area contributed by atoms with Gasteiger partial charge in [0.25, 0.3) is 0 Å². The lowest BCUT2D eigenvalue weighted by atomic mass is 9.99. The van der Waals surface area contributed by atoms with E-state index in [1.807, 2.05) is 0 Å². The van der Waals surface area contributed by atoms with E-state index in [4.69, 9.17) is 4.99 Å². The van der Waals surface area contributed by atoms with Crippen LogP contribution < -0.4 is 10.6 Å². The van der Waals surface area contributed by atoms with Gasteiger partial charge < -0.3 is 10.6 Å². The standard InChI is InChI=1S/C17H32N4/c1-4-18-17(20-16-9-5-6-10-16)19-12-15(3)21-11-7-8-14(2)13-21/h5-6,14-16H,4,7-13H2,1-3H3,(H2,18,19,20). The van der Waals surface area contributed by atoms with Gasteiger partial charge in [-0.3, -0.25) is 9.89 Å². The second-order valence-corrected chi connectivity index (χ2v) is 6.60. The van der Waals surface area contributed by atoms with Crippen molar-refractivity contribution >= 4 is 5.96 Å². The van der Waals surface area contributed by atoms with Gasteiger partial charge in [0.2, 0.25) is 0 Å². The second kappa shape index (κ2) is 8.42. The van der Waals surface area contributed by atoms with Gasteiger partial charge in [-0.25, -0.2) is 0 Å². The summed E-state index contributed by atoms with van der Waals surface area (Å²) in [5, 5.41) is 6.91. The number of nitrogens with one attached hydrogen (secondary N) is 2. The maximum atomic E-state index is 4.80. The lowest BCUT2D eigenvalue weighted by molar-refractivity contribution is 0.142. The largest absolute Gasteiger partial charge is 0.357 e. The van der Waals surface area contributed by atoms with Crippen molar-refractivity contribution in [2.45, 2.75) is 58.5 Å². The topological polar surface area (TPSA) is 39.7 Å². The number of rotatable bonds is 5. The van der Waals surface area contributed by atoms with E-state index in [2.05, 4.69) is 48.5 Å². The summed E-state index contributed by atoms with van der Waals surface area (Å²) in [6, 6.07) is 1.05. The molecule has 0 amide bonds. The Kier molecular flexibility index (Phi) is 6.55. The molecule has 0 saturated carbocycles. The quantitative estimate of drug-likeness (QED) is 0.464. The third-order valence-electron chi connectivity index (χ3n) is 4.52. The molecule has 2 atom stereocenters. The Labute approximate surface area is 130 Å². The predicted molar refractivity (Wildman–Crippen MR) is 90.7 cm³/mol. The Morgan fingerprint density at radius 1 is 1.38 bits per heavy atom. The van der Waals surface area contributed by atoms with Crippen LogP contribution >= 0.6 is 0 Å². The lowest BCUT2D eigenvalue weighted by Crippen LogP contribution is -2.45. The minimum atomic E-state index is 0.521. The monoisotopic (exact) mass is 292 g/mol. The lowest BCUT2D eigenvalue weighted by Gasteiger charge is -2.35. The van der Waals surface area contributed by atoms with E-state index >= 15 is 0 Å². The molecule has 4 nitrogen and oxygen atoms in total. The molecule has 21 heavy (non-hydrogen) atoms. The molecule has 0 spiro atoms. The first-order chi connectivity index (χ1) is 10.2. The molecule has 120 valence electrons. The minimum Gasteiger partial charge on any atom is -0.357 e. The number of guanidine groups is 1. The molecule has 1 aliphatic heterocycles. The minimum absolute atomic E-state index is 0.521. The van der Waals surface area contributed by atoms with E-state index in [0.29, 0.717) is 12.1 Å². The van der Waals surface area contributed by atoms with Gasteiger partial charge in [0.1, 0.15) is 0 Å². The third-order valence-corrected chi connectivity index (χ3v) is 4.52. The first-order valence-corrected chi connectivity index (χ1v) is 8.63. The highest BCUT2D eigenvalue weighted by Gasteiger charge is 2.20. The van der Waals surface area contributed by atoms with E-state index in [0.717, 1.165) is 37.8 Å². The van der Waals surface area contributed by atoms with Crippen molar-refractivity contribution in [3.8, 4) is 0 Å². The summed E-state index contributed by atoms with van der Waals surface area (Å²) in [4.78, 5) is 7.40. The molecule has 1 fully saturated rings. The van der Waals surface area contributed by atoms with E-state index < -0.39 is 0 Å². The van der Waals surface area contributed by atoms with E-state index in [-0.39, 0.29) is 0 Å². The number of aliphatic imine (C=N–C) groups is 1. The first kappa shape index (κ1) is 16.3. The molecule has 1 aliphatic carbocycles. The summed E-state index contributed by atoms with van der Waals surface area (Å²) in [7, 11) is 0. The Balaban J connectivity index is 1.82. The van der Waals surface area contributed by atoms with E-state index in [1.165, 1.54) is 25.9 Å². The average Bonchev–Trinajstić information content (AvgIpc) is 2.97.